The molecule has 1 fully saturated rings. The average molecular weight is 576 g/mol. The van der Waals surface area contributed by atoms with E-state index in [4.69, 9.17) is 0 Å². The molecule has 0 bridgehead atoms. The highest BCUT2D eigenvalue weighted by atomic mass is 32.2. The van der Waals surface area contributed by atoms with Crippen LogP contribution in [0, 0.1) is 23.2 Å². The van der Waals surface area contributed by atoms with Crippen LogP contribution in [0.25, 0.3) is 0 Å². The molecule has 0 radical (unpaired) electrons. The summed E-state index contributed by atoms with van der Waals surface area (Å²) in [5.41, 5.74) is 0.592. The Labute approximate surface area is 230 Å². The molecule has 1 amide bonds. The molecule has 0 N–H and O–H groups in total. The van der Waals surface area contributed by atoms with Gasteiger partial charge in [-0.2, -0.15) is 22.7 Å². The summed E-state index contributed by atoms with van der Waals surface area (Å²) >= 11 is 1.38. The van der Waals surface area contributed by atoms with E-state index < -0.39 is 27.7 Å². The zero-order chi connectivity index (χ0) is 28.5. The first-order chi connectivity index (χ1) is 18.3. The number of carbonyl (C=O) groups excluding carboxylic acids is 1. The zero-order valence-electron chi connectivity index (χ0n) is 21.7. The number of hydrogen-bond acceptors (Lipinski definition) is 5. The van der Waals surface area contributed by atoms with E-state index in [1.54, 1.807) is 12.1 Å². The van der Waals surface area contributed by atoms with Crippen LogP contribution in [0.15, 0.2) is 74.9 Å². The number of hydrogen-bond donors (Lipinski definition) is 0. The van der Waals surface area contributed by atoms with E-state index in [2.05, 4.69) is 26.0 Å². The van der Waals surface area contributed by atoms with Crippen molar-refractivity contribution in [1.82, 2.24) is 9.21 Å². The monoisotopic (exact) mass is 575 g/mol. The molecule has 0 spiro atoms. The van der Waals surface area contributed by atoms with Crippen LogP contribution in [0.5, 0.6) is 0 Å². The molecule has 2 unspecified atom stereocenters. The van der Waals surface area contributed by atoms with Gasteiger partial charge in [0, 0.05) is 36.6 Å². The molecule has 1 heterocycles. The molecule has 11 heteroatoms. The summed E-state index contributed by atoms with van der Waals surface area (Å²) < 4.78 is 67.4. The van der Waals surface area contributed by atoms with Crippen LogP contribution in [0.2, 0.25) is 0 Å². The Balaban J connectivity index is 1.53. The number of halogens is 3. The smallest absolute Gasteiger partial charge is 0.336 e. The quantitative estimate of drug-likeness (QED) is 0.441. The lowest BCUT2D eigenvalue weighted by atomic mass is 9.89. The molecule has 0 saturated carbocycles. The Morgan fingerprint density at radius 3 is 2.28 bits per heavy atom. The molecule has 206 valence electrons. The number of thioether (sulfide) groups is 1. The Morgan fingerprint density at radius 2 is 1.69 bits per heavy atom. The minimum absolute atomic E-state index is 0.0214. The highest BCUT2D eigenvalue weighted by Crippen LogP contribution is 2.42. The molecule has 1 aliphatic carbocycles. The van der Waals surface area contributed by atoms with Crippen molar-refractivity contribution in [2.45, 2.75) is 36.7 Å². The van der Waals surface area contributed by atoms with Crippen molar-refractivity contribution in [2.24, 2.45) is 11.8 Å². The third kappa shape index (κ3) is 6.24. The minimum atomic E-state index is -4.50. The van der Waals surface area contributed by atoms with Crippen LogP contribution < -0.4 is 0 Å². The van der Waals surface area contributed by atoms with E-state index in [9.17, 15) is 31.6 Å². The number of rotatable bonds is 5. The van der Waals surface area contributed by atoms with Gasteiger partial charge in [0.05, 0.1) is 22.1 Å². The Kier molecular flexibility index (Phi) is 8.30. The van der Waals surface area contributed by atoms with Crippen LogP contribution in [0.4, 0.5) is 13.2 Å². The van der Waals surface area contributed by atoms with Gasteiger partial charge in [-0.1, -0.05) is 37.3 Å². The van der Waals surface area contributed by atoms with Crippen molar-refractivity contribution >= 4 is 27.7 Å². The lowest BCUT2D eigenvalue weighted by molar-refractivity contribution is -0.137. The van der Waals surface area contributed by atoms with Crippen LogP contribution in [-0.2, 0) is 16.2 Å². The number of benzene rings is 2. The molecule has 2 aromatic carbocycles. The molecule has 1 saturated heterocycles. The predicted molar refractivity (Wildman–Crippen MR) is 143 cm³/mol. The maximum absolute atomic E-state index is 13.8. The fourth-order valence-corrected chi connectivity index (χ4v) is 7.75. The van der Waals surface area contributed by atoms with Crippen molar-refractivity contribution in [2.75, 3.05) is 26.2 Å². The van der Waals surface area contributed by atoms with Gasteiger partial charge in [0.1, 0.15) is 0 Å². The highest BCUT2D eigenvalue weighted by molar-refractivity contribution is 8.03. The maximum Gasteiger partial charge on any atom is 0.416 e. The second-order valence-electron chi connectivity index (χ2n) is 9.75. The normalized spacial score (nSPS) is 20.7. The Morgan fingerprint density at radius 1 is 1.05 bits per heavy atom. The first-order valence-electron chi connectivity index (χ1n) is 12.4. The number of amides is 1. The molecule has 2 aliphatic rings. The molecular weight excluding hydrogens is 547 g/mol. The Hall–Kier alpha value is -3.07. The second-order valence-corrected chi connectivity index (χ2v) is 12.8. The molecule has 4 rings (SSSR count). The number of carbonyl (C=O) groups is 1. The lowest BCUT2D eigenvalue weighted by Gasteiger charge is -2.34. The van der Waals surface area contributed by atoms with E-state index >= 15 is 0 Å². The number of alkyl halides is 3. The van der Waals surface area contributed by atoms with Crippen LogP contribution in [0.1, 0.15) is 42.3 Å². The molecule has 6 nitrogen and oxygen atoms in total. The standard InChI is InChI=1S/C28H28F3N3O3S2/c1-18-14-19(2)20(3)25(15-18)38-24-9-4-21(17-32)16-26(24)39(36,37)34-12-10-33(11-13-34)27(35)22-5-7-23(8-6-22)28(29,30)31/h4-9,14-16,19-20H,10-13H2,1-3H3. The first kappa shape index (κ1) is 28.9. The van der Waals surface area contributed by atoms with Crippen molar-refractivity contribution < 1.29 is 26.4 Å². The van der Waals surface area contributed by atoms with Crippen LogP contribution in [-0.4, -0.2) is 49.7 Å². The molecule has 0 aromatic heterocycles. The van der Waals surface area contributed by atoms with Gasteiger partial charge in [-0.3, -0.25) is 4.79 Å². The van der Waals surface area contributed by atoms with Crippen molar-refractivity contribution in [1.29, 1.82) is 5.26 Å². The average Bonchev–Trinajstić information content (AvgIpc) is 2.90. The lowest BCUT2D eigenvalue weighted by Crippen LogP contribution is -2.50. The number of nitriles is 1. The highest BCUT2D eigenvalue weighted by Gasteiger charge is 2.34. The number of allylic oxidation sites excluding steroid dienone is 4. The van der Waals surface area contributed by atoms with Gasteiger partial charge in [0.15, 0.2) is 0 Å². The largest absolute Gasteiger partial charge is 0.416 e. The van der Waals surface area contributed by atoms with Crippen molar-refractivity contribution in [3.63, 3.8) is 0 Å². The van der Waals surface area contributed by atoms with Gasteiger partial charge < -0.3 is 4.90 Å². The van der Waals surface area contributed by atoms with E-state index in [1.165, 1.54) is 27.0 Å². The van der Waals surface area contributed by atoms with E-state index in [0.29, 0.717) is 10.8 Å². The van der Waals surface area contributed by atoms with Gasteiger partial charge in [-0.25, -0.2) is 8.42 Å². The van der Waals surface area contributed by atoms with Crippen molar-refractivity contribution in [3.8, 4) is 6.07 Å². The van der Waals surface area contributed by atoms with E-state index in [0.717, 1.165) is 34.7 Å². The summed E-state index contributed by atoms with van der Waals surface area (Å²) in [7, 11) is -4.00. The minimum Gasteiger partial charge on any atom is -0.336 e. The second kappa shape index (κ2) is 11.2. The molecule has 2 atom stereocenters. The van der Waals surface area contributed by atoms with Crippen LogP contribution >= 0.6 is 11.8 Å². The topological polar surface area (TPSA) is 81.5 Å². The molecule has 39 heavy (non-hydrogen) atoms. The number of piperazine rings is 1. The summed E-state index contributed by atoms with van der Waals surface area (Å²) in [4.78, 5) is 15.9. The fraction of sp³-hybridized carbons (Fsp3) is 0.357. The van der Waals surface area contributed by atoms with Gasteiger partial charge in [-0.05, 0) is 72.2 Å². The van der Waals surface area contributed by atoms with Gasteiger partial charge in [0.25, 0.3) is 5.91 Å². The van der Waals surface area contributed by atoms with Gasteiger partial charge in [-0.15, -0.1) is 0 Å². The maximum atomic E-state index is 13.8. The van der Waals surface area contributed by atoms with E-state index in [1.807, 2.05) is 13.0 Å². The Bertz CT molecular complexity index is 1470. The SMILES string of the molecule is CC1=CC(C)C(C)C(Sc2ccc(C#N)cc2S(=O)(=O)N2CCN(C(=O)c3ccc(C(F)(F)F)cc3)CC2)=C1. The molecule has 2 aromatic rings. The van der Waals surface area contributed by atoms with Crippen LogP contribution in [0.3, 0.4) is 0 Å². The first-order valence-corrected chi connectivity index (χ1v) is 14.7. The molecular formula is C28H28F3N3O3S2. The van der Waals surface area contributed by atoms with Gasteiger partial charge in [0.2, 0.25) is 10.0 Å². The van der Waals surface area contributed by atoms with Gasteiger partial charge >= 0.3 is 6.18 Å². The summed E-state index contributed by atoms with van der Waals surface area (Å²) in [6.45, 7) is 6.43. The summed E-state index contributed by atoms with van der Waals surface area (Å²) in [5.74, 6) is 0.0372. The summed E-state index contributed by atoms with van der Waals surface area (Å²) in [6, 6.07) is 10.6. The zero-order valence-corrected chi connectivity index (χ0v) is 23.3. The third-order valence-electron chi connectivity index (χ3n) is 7.04. The summed E-state index contributed by atoms with van der Waals surface area (Å²) in [5, 5.41) is 9.44. The fourth-order valence-electron chi connectivity index (χ4n) is 4.59. The third-order valence-corrected chi connectivity index (χ3v) is 10.4. The number of sulfonamides is 1. The van der Waals surface area contributed by atoms with E-state index in [-0.39, 0.29) is 48.1 Å². The summed E-state index contributed by atoms with van der Waals surface area (Å²) in [6.07, 6.45) is -0.271. The van der Waals surface area contributed by atoms with Crippen molar-refractivity contribution in [3.05, 3.63) is 81.8 Å². The predicted octanol–water partition coefficient (Wildman–Crippen LogP) is 5.93. The molecule has 1 aliphatic heterocycles. The number of nitrogens with zero attached hydrogens (tertiary/aromatic N) is 3.